The third-order valence-corrected chi connectivity index (χ3v) is 6.89. The minimum Gasteiger partial charge on any atom is -0.486 e. The first kappa shape index (κ1) is 26.0. The van der Waals surface area contributed by atoms with Crippen molar-refractivity contribution in [3.8, 4) is 11.5 Å². The molecule has 4 rings (SSSR count). The Kier molecular flexibility index (Phi) is 7.95. The van der Waals surface area contributed by atoms with Gasteiger partial charge in [-0.3, -0.25) is 30.0 Å². The van der Waals surface area contributed by atoms with Gasteiger partial charge in [-0.05, 0) is 60.7 Å². The Morgan fingerprint density at radius 2 is 1.54 bits per heavy atom. The van der Waals surface area contributed by atoms with Crippen LogP contribution in [-0.2, 0) is 14.8 Å². The molecule has 0 radical (unpaired) electrons. The van der Waals surface area contributed by atoms with Gasteiger partial charge in [0.25, 0.3) is 15.9 Å². The smallest absolute Gasteiger partial charge is 0.269 e. The average Bonchev–Trinajstić information content (AvgIpc) is 2.91. The summed E-state index contributed by atoms with van der Waals surface area (Å²) in [5.41, 5.74) is 5.14. The van der Waals surface area contributed by atoms with Crippen LogP contribution >= 0.6 is 11.6 Å². The third kappa shape index (κ3) is 6.78. The van der Waals surface area contributed by atoms with E-state index in [-0.39, 0.29) is 29.1 Å². The van der Waals surface area contributed by atoms with Gasteiger partial charge in [0.2, 0.25) is 5.91 Å². The van der Waals surface area contributed by atoms with Crippen molar-refractivity contribution in [2.75, 3.05) is 17.9 Å². The molecule has 0 fully saturated rings. The van der Waals surface area contributed by atoms with Gasteiger partial charge in [-0.15, -0.1) is 0 Å². The summed E-state index contributed by atoms with van der Waals surface area (Å²) in [5.74, 6) is -0.561. The van der Waals surface area contributed by atoms with Crippen LogP contribution in [0.4, 0.5) is 5.69 Å². The molecule has 192 valence electrons. The van der Waals surface area contributed by atoms with E-state index in [2.05, 4.69) is 15.6 Å². The molecule has 1 aliphatic rings. The largest absolute Gasteiger partial charge is 0.486 e. The Labute approximate surface area is 217 Å². The predicted molar refractivity (Wildman–Crippen MR) is 135 cm³/mol. The maximum Gasteiger partial charge on any atom is 0.269 e. The monoisotopic (exact) mass is 543 g/mol. The summed E-state index contributed by atoms with van der Waals surface area (Å²) in [4.78, 5) is 36.9. The van der Waals surface area contributed by atoms with E-state index in [1.165, 1.54) is 48.5 Å². The van der Waals surface area contributed by atoms with Crippen LogP contribution in [0, 0.1) is 0 Å². The van der Waals surface area contributed by atoms with Crippen molar-refractivity contribution in [2.45, 2.75) is 17.7 Å². The molecule has 0 aliphatic carbocycles. The summed E-state index contributed by atoms with van der Waals surface area (Å²) in [6.07, 6.45) is -0.265. The van der Waals surface area contributed by atoms with E-state index in [1.54, 1.807) is 18.2 Å². The predicted octanol–water partition coefficient (Wildman–Crippen LogP) is 3.34. The number of rotatable bonds is 8. The Morgan fingerprint density at radius 3 is 2.30 bits per heavy atom. The second-order valence-corrected chi connectivity index (χ2v) is 10.0. The van der Waals surface area contributed by atoms with Crippen LogP contribution < -0.4 is 25.0 Å². The van der Waals surface area contributed by atoms with Crippen LogP contribution in [0.5, 0.6) is 11.5 Å². The number of sulfonamides is 1. The number of carbonyl (C=O) groups excluding carboxylic acids is 3. The van der Waals surface area contributed by atoms with Crippen LogP contribution in [0.1, 0.15) is 33.6 Å². The highest BCUT2D eigenvalue weighted by Crippen LogP contribution is 2.31. The molecule has 37 heavy (non-hydrogen) atoms. The molecule has 0 aromatic heterocycles. The van der Waals surface area contributed by atoms with Gasteiger partial charge in [0.1, 0.15) is 13.2 Å². The number of halogens is 1. The summed E-state index contributed by atoms with van der Waals surface area (Å²) in [5, 5.41) is 0.455. The highest BCUT2D eigenvalue weighted by atomic mass is 35.5. The molecule has 3 aromatic rings. The third-order valence-electron chi connectivity index (χ3n) is 5.26. The molecule has 0 spiro atoms. The van der Waals surface area contributed by atoms with Crippen LogP contribution in [0.15, 0.2) is 71.6 Å². The van der Waals surface area contributed by atoms with E-state index in [9.17, 15) is 22.8 Å². The van der Waals surface area contributed by atoms with E-state index in [0.29, 0.717) is 41.0 Å². The van der Waals surface area contributed by atoms with Crippen molar-refractivity contribution in [2.24, 2.45) is 0 Å². The lowest BCUT2D eigenvalue weighted by Gasteiger charge is -2.18. The number of hydrogen-bond donors (Lipinski definition) is 3. The van der Waals surface area contributed by atoms with E-state index in [1.807, 2.05) is 0 Å². The Morgan fingerprint density at radius 1 is 0.811 bits per heavy atom. The number of ketones is 1. The van der Waals surface area contributed by atoms with Crippen molar-refractivity contribution in [3.63, 3.8) is 0 Å². The summed E-state index contributed by atoms with van der Waals surface area (Å²) < 4.78 is 38.6. The fraction of sp³-hybridized carbons (Fsp3) is 0.160. The van der Waals surface area contributed by atoms with Gasteiger partial charge < -0.3 is 9.47 Å². The number of Topliss-reactive ketones (excluding diaryl/α,β-unsaturated/α-hetero) is 1. The van der Waals surface area contributed by atoms with Crippen LogP contribution in [0.25, 0.3) is 0 Å². The summed E-state index contributed by atoms with van der Waals surface area (Å²) in [6, 6.07) is 16.2. The number of benzene rings is 3. The number of hydrazine groups is 1. The molecule has 12 heteroatoms. The van der Waals surface area contributed by atoms with Gasteiger partial charge >= 0.3 is 0 Å². The lowest BCUT2D eigenvalue weighted by molar-refractivity contribution is -0.121. The Bertz CT molecular complexity index is 1440. The number of carbonyl (C=O) groups is 3. The quantitative estimate of drug-likeness (QED) is 0.292. The summed E-state index contributed by atoms with van der Waals surface area (Å²) in [7, 11) is -3.98. The first-order valence-corrected chi connectivity index (χ1v) is 13.0. The SMILES string of the molecule is O=C(CCC(=O)c1ccc2c(c1)OCCO2)NNC(=O)c1cccc(S(=O)(=O)Nc2ccc(Cl)cc2)c1. The molecule has 3 aromatic carbocycles. The first-order valence-electron chi connectivity index (χ1n) is 11.1. The fourth-order valence-electron chi connectivity index (χ4n) is 3.39. The number of ether oxygens (including phenoxy) is 2. The highest BCUT2D eigenvalue weighted by Gasteiger charge is 2.18. The molecule has 0 saturated carbocycles. The number of amides is 2. The zero-order valence-electron chi connectivity index (χ0n) is 19.3. The molecule has 0 atom stereocenters. The van der Waals surface area contributed by atoms with Crippen molar-refractivity contribution in [3.05, 3.63) is 82.9 Å². The van der Waals surface area contributed by atoms with Gasteiger partial charge in [-0.25, -0.2) is 8.42 Å². The Balaban J connectivity index is 1.29. The number of hydrogen-bond acceptors (Lipinski definition) is 7. The molecule has 0 saturated heterocycles. The minimum absolute atomic E-state index is 0.00614. The van der Waals surface area contributed by atoms with Crippen molar-refractivity contribution < 1.29 is 32.3 Å². The molecular weight excluding hydrogens is 522 g/mol. The summed E-state index contributed by atoms with van der Waals surface area (Å²) in [6.45, 7) is 0.826. The maximum atomic E-state index is 12.7. The molecule has 2 amide bonds. The van der Waals surface area contributed by atoms with E-state index >= 15 is 0 Å². The molecule has 10 nitrogen and oxygen atoms in total. The summed E-state index contributed by atoms with van der Waals surface area (Å²) >= 11 is 5.82. The second kappa shape index (κ2) is 11.3. The zero-order valence-corrected chi connectivity index (χ0v) is 20.9. The van der Waals surface area contributed by atoms with Gasteiger partial charge in [0.05, 0.1) is 4.90 Å². The number of nitrogens with one attached hydrogen (secondary N) is 3. The van der Waals surface area contributed by atoms with Gasteiger partial charge in [-0.1, -0.05) is 17.7 Å². The van der Waals surface area contributed by atoms with E-state index in [4.69, 9.17) is 21.1 Å². The minimum atomic E-state index is -3.98. The molecule has 1 aliphatic heterocycles. The maximum absolute atomic E-state index is 12.7. The van der Waals surface area contributed by atoms with E-state index < -0.39 is 21.8 Å². The Hall–Kier alpha value is -4.09. The molecule has 1 heterocycles. The van der Waals surface area contributed by atoms with Gasteiger partial charge in [-0.2, -0.15) is 0 Å². The molecule has 3 N–H and O–H groups in total. The highest BCUT2D eigenvalue weighted by molar-refractivity contribution is 7.92. The zero-order chi connectivity index (χ0) is 26.4. The molecule has 0 bridgehead atoms. The van der Waals surface area contributed by atoms with Crippen LogP contribution in [-0.4, -0.2) is 39.2 Å². The topological polar surface area (TPSA) is 140 Å². The fourth-order valence-corrected chi connectivity index (χ4v) is 4.62. The number of anilines is 1. The normalized spacial score (nSPS) is 12.4. The molecular formula is C25H22ClN3O7S. The van der Waals surface area contributed by atoms with Crippen molar-refractivity contribution in [1.82, 2.24) is 10.9 Å². The van der Waals surface area contributed by atoms with Crippen molar-refractivity contribution in [1.29, 1.82) is 0 Å². The lowest BCUT2D eigenvalue weighted by Crippen LogP contribution is -2.41. The van der Waals surface area contributed by atoms with Crippen LogP contribution in [0.2, 0.25) is 5.02 Å². The number of fused-ring (bicyclic) bond motifs is 1. The first-order chi connectivity index (χ1) is 17.7. The van der Waals surface area contributed by atoms with Gasteiger partial charge in [0, 0.05) is 34.7 Å². The lowest BCUT2D eigenvalue weighted by atomic mass is 10.1. The average molecular weight is 544 g/mol. The van der Waals surface area contributed by atoms with Crippen molar-refractivity contribution >= 4 is 44.9 Å². The standard InChI is InChI=1S/C25H22ClN3O7S/c26-18-5-7-19(8-6-18)29-37(33,34)20-3-1-2-17(14-20)25(32)28-27-24(31)11-9-21(30)16-4-10-22-23(15-16)36-13-12-35-22/h1-8,10,14-15,29H,9,11-13H2,(H,27,31)(H,28,32). The van der Waals surface area contributed by atoms with Gasteiger partial charge in [0.15, 0.2) is 17.3 Å². The van der Waals surface area contributed by atoms with Crippen LogP contribution in [0.3, 0.4) is 0 Å². The second-order valence-electron chi connectivity index (χ2n) is 7.92. The van der Waals surface area contributed by atoms with E-state index in [0.717, 1.165) is 0 Å². The molecule has 0 unspecified atom stereocenters.